The van der Waals surface area contributed by atoms with Crippen LogP contribution in [0.3, 0.4) is 0 Å². The Kier molecular flexibility index (Phi) is 6.10. The Bertz CT molecular complexity index is 1300. The summed E-state index contributed by atoms with van der Waals surface area (Å²) in [6.45, 7) is 1.15. The Morgan fingerprint density at radius 3 is 2.56 bits per heavy atom. The van der Waals surface area contributed by atoms with Gasteiger partial charge in [0.25, 0.3) is 5.91 Å². The van der Waals surface area contributed by atoms with E-state index in [9.17, 15) is 13.2 Å². The number of hydrogen-bond donors (Lipinski definition) is 1. The first-order valence-electron chi connectivity index (χ1n) is 11.4. The smallest absolute Gasteiger partial charge is 0.251 e. The highest BCUT2D eigenvalue weighted by Gasteiger charge is 2.41. The second kappa shape index (κ2) is 9.19. The molecule has 2 aliphatic rings. The van der Waals surface area contributed by atoms with E-state index in [2.05, 4.69) is 15.2 Å². The molecule has 3 aromatic rings. The zero-order valence-corrected chi connectivity index (χ0v) is 19.8. The standard InChI is InChI=1S/C26H27N3O4S/c1-34(31,32)22-7-4-18(5-8-22)23-15-20-6-9-25(29(20)17-21-3-2-14-33-21)24(23)16-28-26(30)19-10-12-27-13-11-19/h2-5,7-8,10-14,20,25H,6,9,15-17H2,1H3,(H,28,30)/t20-,25+/m0/s1. The summed E-state index contributed by atoms with van der Waals surface area (Å²) >= 11 is 0. The van der Waals surface area contributed by atoms with E-state index in [4.69, 9.17) is 4.42 Å². The van der Waals surface area contributed by atoms with Crippen LogP contribution in [0.1, 0.15) is 40.9 Å². The summed E-state index contributed by atoms with van der Waals surface area (Å²) in [6, 6.07) is 15.0. The van der Waals surface area contributed by atoms with E-state index < -0.39 is 9.84 Å². The number of furan rings is 1. The van der Waals surface area contributed by atoms with Gasteiger partial charge >= 0.3 is 0 Å². The molecule has 2 atom stereocenters. The highest BCUT2D eigenvalue weighted by Crippen LogP contribution is 2.43. The molecule has 2 aromatic heterocycles. The van der Waals surface area contributed by atoms with E-state index in [1.807, 2.05) is 24.3 Å². The lowest BCUT2D eigenvalue weighted by molar-refractivity contribution is 0.0954. The number of pyridine rings is 1. The van der Waals surface area contributed by atoms with Gasteiger partial charge in [-0.3, -0.25) is 14.7 Å². The summed E-state index contributed by atoms with van der Waals surface area (Å²) < 4.78 is 29.5. The van der Waals surface area contributed by atoms with Gasteiger partial charge in [0.15, 0.2) is 9.84 Å². The molecule has 2 aliphatic heterocycles. The molecule has 0 spiro atoms. The molecule has 4 heterocycles. The number of amides is 1. The van der Waals surface area contributed by atoms with Crippen molar-refractivity contribution in [1.29, 1.82) is 0 Å². The van der Waals surface area contributed by atoms with Crippen molar-refractivity contribution in [2.45, 2.75) is 42.8 Å². The monoisotopic (exact) mass is 477 g/mol. The Morgan fingerprint density at radius 2 is 1.88 bits per heavy atom. The van der Waals surface area contributed by atoms with Crippen LogP contribution in [0.2, 0.25) is 0 Å². The third-order valence-corrected chi connectivity index (χ3v) is 7.93. The van der Waals surface area contributed by atoms with Gasteiger partial charge in [0.05, 0.1) is 17.7 Å². The minimum Gasteiger partial charge on any atom is -0.468 e. The molecule has 5 rings (SSSR count). The Balaban J connectivity index is 1.47. The quantitative estimate of drug-likeness (QED) is 0.558. The fraction of sp³-hybridized carbons (Fsp3) is 0.308. The molecule has 1 saturated heterocycles. The first-order chi connectivity index (χ1) is 16.4. The fourth-order valence-corrected chi connectivity index (χ4v) is 5.76. The minimum atomic E-state index is -3.26. The van der Waals surface area contributed by atoms with Crippen molar-refractivity contribution in [3.8, 4) is 0 Å². The van der Waals surface area contributed by atoms with Gasteiger partial charge in [0.1, 0.15) is 5.76 Å². The summed E-state index contributed by atoms with van der Waals surface area (Å²) in [5.41, 5.74) is 3.95. The molecule has 1 fully saturated rings. The first-order valence-corrected chi connectivity index (χ1v) is 13.3. The number of nitrogens with zero attached hydrogens (tertiary/aromatic N) is 2. The van der Waals surface area contributed by atoms with Crippen molar-refractivity contribution in [1.82, 2.24) is 15.2 Å². The third-order valence-electron chi connectivity index (χ3n) is 6.80. The summed E-state index contributed by atoms with van der Waals surface area (Å²) in [4.78, 5) is 19.5. The molecule has 0 radical (unpaired) electrons. The number of benzene rings is 1. The largest absolute Gasteiger partial charge is 0.468 e. The highest BCUT2D eigenvalue weighted by atomic mass is 32.2. The minimum absolute atomic E-state index is 0.139. The van der Waals surface area contributed by atoms with Crippen molar-refractivity contribution in [3.05, 3.63) is 89.6 Å². The van der Waals surface area contributed by atoms with E-state index in [0.717, 1.165) is 37.1 Å². The first kappa shape index (κ1) is 22.6. The lowest BCUT2D eigenvalue weighted by atomic mass is 9.88. The molecular weight excluding hydrogens is 450 g/mol. The topological polar surface area (TPSA) is 92.5 Å². The number of aromatic nitrogens is 1. The van der Waals surface area contributed by atoms with Crippen LogP contribution in [-0.4, -0.2) is 49.1 Å². The zero-order chi connectivity index (χ0) is 23.7. The Labute approximate surface area is 199 Å². The van der Waals surface area contributed by atoms with Crippen LogP contribution in [0, 0.1) is 0 Å². The molecule has 2 bridgehead atoms. The second-order valence-corrected chi connectivity index (χ2v) is 10.9. The van der Waals surface area contributed by atoms with Crippen LogP contribution in [0.15, 0.2) is 82.1 Å². The van der Waals surface area contributed by atoms with E-state index in [0.29, 0.717) is 23.0 Å². The summed E-state index contributed by atoms with van der Waals surface area (Å²) in [5, 5.41) is 3.10. The van der Waals surface area contributed by atoms with Crippen LogP contribution in [-0.2, 0) is 16.4 Å². The third kappa shape index (κ3) is 4.56. The molecule has 7 nitrogen and oxygen atoms in total. The molecule has 34 heavy (non-hydrogen) atoms. The van der Waals surface area contributed by atoms with Crippen LogP contribution in [0.4, 0.5) is 0 Å². The average Bonchev–Trinajstić information content (AvgIpc) is 3.45. The normalized spacial score (nSPS) is 20.5. The van der Waals surface area contributed by atoms with Gasteiger partial charge < -0.3 is 9.73 Å². The number of carbonyl (C=O) groups is 1. The van der Waals surface area contributed by atoms with Gasteiger partial charge in [-0.15, -0.1) is 0 Å². The van der Waals surface area contributed by atoms with Gasteiger partial charge in [-0.1, -0.05) is 12.1 Å². The molecule has 1 aromatic carbocycles. The molecule has 0 unspecified atom stereocenters. The van der Waals surface area contributed by atoms with Crippen molar-refractivity contribution in [3.63, 3.8) is 0 Å². The van der Waals surface area contributed by atoms with Gasteiger partial charge in [-0.25, -0.2) is 8.42 Å². The number of hydrogen-bond acceptors (Lipinski definition) is 6. The van der Waals surface area contributed by atoms with Gasteiger partial charge in [0.2, 0.25) is 0 Å². The van der Waals surface area contributed by atoms with Gasteiger partial charge in [-0.2, -0.15) is 0 Å². The average molecular weight is 478 g/mol. The van der Waals surface area contributed by atoms with E-state index in [1.165, 1.54) is 17.4 Å². The molecule has 0 saturated carbocycles. The Hall–Kier alpha value is -3.23. The maximum absolute atomic E-state index is 12.8. The van der Waals surface area contributed by atoms with Gasteiger partial charge in [0, 0.05) is 42.8 Å². The van der Waals surface area contributed by atoms with E-state index >= 15 is 0 Å². The lowest BCUT2D eigenvalue weighted by Gasteiger charge is -2.38. The maximum atomic E-state index is 12.8. The molecule has 1 N–H and O–H groups in total. The molecule has 8 heteroatoms. The van der Waals surface area contributed by atoms with Crippen molar-refractivity contribution < 1.29 is 17.6 Å². The zero-order valence-electron chi connectivity index (χ0n) is 19.0. The molecule has 176 valence electrons. The molecular formula is C26H27N3O4S. The number of fused-ring (bicyclic) bond motifs is 2. The Morgan fingerprint density at radius 1 is 1.12 bits per heavy atom. The molecule has 0 aliphatic carbocycles. The number of rotatable bonds is 7. The van der Waals surface area contributed by atoms with Crippen molar-refractivity contribution in [2.24, 2.45) is 0 Å². The molecule has 1 amide bonds. The van der Waals surface area contributed by atoms with Crippen molar-refractivity contribution in [2.75, 3.05) is 12.8 Å². The van der Waals surface area contributed by atoms with Crippen LogP contribution < -0.4 is 5.32 Å². The predicted molar refractivity (Wildman–Crippen MR) is 129 cm³/mol. The van der Waals surface area contributed by atoms with Crippen LogP contribution in [0.5, 0.6) is 0 Å². The van der Waals surface area contributed by atoms with E-state index in [1.54, 1.807) is 42.9 Å². The summed E-state index contributed by atoms with van der Waals surface area (Å²) in [5.74, 6) is 0.789. The lowest BCUT2D eigenvalue weighted by Crippen LogP contribution is -2.43. The number of sulfone groups is 1. The van der Waals surface area contributed by atoms with Crippen molar-refractivity contribution >= 4 is 21.3 Å². The number of carbonyl (C=O) groups excluding carboxylic acids is 1. The fourth-order valence-electron chi connectivity index (χ4n) is 5.13. The highest BCUT2D eigenvalue weighted by molar-refractivity contribution is 7.90. The maximum Gasteiger partial charge on any atom is 0.251 e. The van der Waals surface area contributed by atoms with Crippen LogP contribution >= 0.6 is 0 Å². The second-order valence-electron chi connectivity index (χ2n) is 8.92. The summed E-state index contributed by atoms with van der Waals surface area (Å²) in [7, 11) is -3.26. The van der Waals surface area contributed by atoms with Crippen LogP contribution in [0.25, 0.3) is 5.57 Å². The number of nitrogens with one attached hydrogen (secondary N) is 1. The summed E-state index contributed by atoms with van der Waals surface area (Å²) in [6.07, 6.45) is 9.05. The SMILES string of the molecule is CS(=O)(=O)c1ccc(C2=C(CNC(=O)c3ccncc3)[C@H]3CC[C@@H](C2)N3Cc2ccco2)cc1. The van der Waals surface area contributed by atoms with E-state index in [-0.39, 0.29) is 11.9 Å². The predicted octanol–water partition coefficient (Wildman–Crippen LogP) is 3.70. The van der Waals surface area contributed by atoms with Gasteiger partial charge in [-0.05, 0) is 72.4 Å².